The molecule has 0 spiro atoms. The first-order chi connectivity index (χ1) is 19.6. The van der Waals surface area contributed by atoms with Crippen molar-refractivity contribution in [1.82, 2.24) is 10.2 Å². The summed E-state index contributed by atoms with van der Waals surface area (Å²) in [5.41, 5.74) is 2.20. The van der Waals surface area contributed by atoms with E-state index in [9.17, 15) is 18.0 Å². The Kier molecular flexibility index (Phi) is 12.5. The molecule has 0 radical (unpaired) electrons. The lowest BCUT2D eigenvalue weighted by atomic mass is 10.0. The van der Waals surface area contributed by atoms with Gasteiger partial charge in [0.05, 0.1) is 11.9 Å². The van der Waals surface area contributed by atoms with Crippen molar-refractivity contribution in [1.29, 1.82) is 0 Å². The van der Waals surface area contributed by atoms with Crippen molar-refractivity contribution >= 4 is 50.7 Å². The standard InChI is InChI=1S/C31H37Cl2N3O4S/c1-3-4-19-34-31(38)29(21-24-10-6-5-7-11-24)35(23-25-15-17-26(32)18-16-25)30(37)14-9-20-36(41(2,39)40)28-13-8-12-27(33)22-28/h5-8,10-13,15-18,22,29H,3-4,9,14,19-21,23H2,1-2H3,(H,34,38)/t29-/m1/s1. The molecule has 10 heteroatoms. The van der Waals surface area contributed by atoms with Gasteiger partial charge in [-0.3, -0.25) is 13.9 Å². The predicted molar refractivity (Wildman–Crippen MR) is 167 cm³/mol. The van der Waals surface area contributed by atoms with Crippen molar-refractivity contribution in [3.63, 3.8) is 0 Å². The monoisotopic (exact) mass is 617 g/mol. The number of unbranched alkanes of at least 4 members (excludes halogenated alkanes) is 1. The summed E-state index contributed by atoms with van der Waals surface area (Å²) >= 11 is 12.2. The Morgan fingerprint density at radius 1 is 0.878 bits per heavy atom. The highest BCUT2D eigenvalue weighted by Crippen LogP contribution is 2.23. The van der Waals surface area contributed by atoms with Gasteiger partial charge in [-0.15, -0.1) is 0 Å². The molecule has 3 aromatic rings. The number of carbonyl (C=O) groups is 2. The lowest BCUT2D eigenvalue weighted by molar-refractivity contribution is -0.141. The molecular weight excluding hydrogens is 581 g/mol. The summed E-state index contributed by atoms with van der Waals surface area (Å²) in [5, 5.41) is 3.99. The van der Waals surface area contributed by atoms with Gasteiger partial charge in [-0.1, -0.05) is 85.1 Å². The lowest BCUT2D eigenvalue weighted by Gasteiger charge is -2.32. The SMILES string of the molecule is CCCCNC(=O)[C@@H](Cc1ccccc1)N(Cc1ccc(Cl)cc1)C(=O)CCCN(c1cccc(Cl)c1)S(C)(=O)=O. The van der Waals surface area contributed by atoms with E-state index in [0.717, 1.165) is 30.2 Å². The molecule has 0 aliphatic rings. The van der Waals surface area contributed by atoms with E-state index in [0.29, 0.717) is 28.7 Å². The number of hydrogen-bond donors (Lipinski definition) is 1. The largest absolute Gasteiger partial charge is 0.354 e. The normalized spacial score (nSPS) is 12.0. The minimum atomic E-state index is -3.62. The molecule has 7 nitrogen and oxygen atoms in total. The zero-order valence-electron chi connectivity index (χ0n) is 23.4. The van der Waals surface area contributed by atoms with Crippen LogP contribution in [0.25, 0.3) is 0 Å². The lowest BCUT2D eigenvalue weighted by Crippen LogP contribution is -2.50. The summed E-state index contributed by atoms with van der Waals surface area (Å²) in [7, 11) is -3.62. The van der Waals surface area contributed by atoms with Crippen molar-refractivity contribution in [3.8, 4) is 0 Å². The molecule has 0 heterocycles. The second-order valence-electron chi connectivity index (χ2n) is 9.92. The average molecular weight is 619 g/mol. The fraction of sp³-hybridized carbons (Fsp3) is 0.355. The second-order valence-corrected chi connectivity index (χ2v) is 12.7. The molecule has 1 N–H and O–H groups in total. The van der Waals surface area contributed by atoms with Gasteiger partial charge in [-0.25, -0.2) is 8.42 Å². The summed E-state index contributed by atoms with van der Waals surface area (Å²) in [6.45, 7) is 2.87. The number of carbonyl (C=O) groups excluding carboxylic acids is 2. The zero-order chi connectivity index (χ0) is 29.8. The van der Waals surface area contributed by atoms with E-state index in [-0.39, 0.29) is 37.7 Å². The first-order valence-electron chi connectivity index (χ1n) is 13.7. The number of benzene rings is 3. The van der Waals surface area contributed by atoms with E-state index in [1.165, 1.54) is 4.31 Å². The average Bonchev–Trinajstić information content (AvgIpc) is 2.94. The highest BCUT2D eigenvalue weighted by atomic mass is 35.5. The minimum absolute atomic E-state index is 0.0493. The number of hydrogen-bond acceptors (Lipinski definition) is 4. The predicted octanol–water partition coefficient (Wildman–Crippen LogP) is 6.10. The number of sulfonamides is 1. The van der Waals surface area contributed by atoms with Gasteiger partial charge in [-0.05, 0) is 54.3 Å². The third kappa shape index (κ3) is 10.4. The van der Waals surface area contributed by atoms with Crippen LogP contribution < -0.4 is 9.62 Å². The summed E-state index contributed by atoms with van der Waals surface area (Å²) in [5.74, 6) is -0.465. The van der Waals surface area contributed by atoms with Crippen LogP contribution in [0.5, 0.6) is 0 Å². The summed E-state index contributed by atoms with van der Waals surface area (Å²) in [4.78, 5) is 28.9. The third-order valence-electron chi connectivity index (χ3n) is 6.62. The van der Waals surface area contributed by atoms with Crippen LogP contribution in [0.3, 0.4) is 0 Å². The molecule has 0 bridgehead atoms. The Morgan fingerprint density at radius 3 is 2.22 bits per heavy atom. The molecule has 2 amide bonds. The van der Waals surface area contributed by atoms with Crippen molar-refractivity contribution in [2.75, 3.05) is 23.7 Å². The van der Waals surface area contributed by atoms with E-state index in [1.54, 1.807) is 41.3 Å². The molecule has 0 aliphatic heterocycles. The van der Waals surface area contributed by atoms with Crippen LogP contribution in [0.1, 0.15) is 43.7 Å². The minimum Gasteiger partial charge on any atom is -0.354 e. The van der Waals surface area contributed by atoms with Crippen LogP contribution >= 0.6 is 23.2 Å². The number of nitrogens with zero attached hydrogens (tertiary/aromatic N) is 2. The number of rotatable bonds is 15. The molecule has 0 saturated heterocycles. The van der Waals surface area contributed by atoms with Crippen molar-refractivity contribution in [2.45, 2.75) is 51.6 Å². The first-order valence-corrected chi connectivity index (χ1v) is 16.3. The van der Waals surface area contributed by atoms with Crippen LogP contribution in [0.4, 0.5) is 5.69 Å². The van der Waals surface area contributed by atoms with Gasteiger partial charge in [0, 0.05) is 42.5 Å². The molecule has 0 aromatic heterocycles. The van der Waals surface area contributed by atoms with Crippen LogP contribution in [0, 0.1) is 0 Å². The molecule has 220 valence electrons. The first kappa shape index (κ1) is 32.4. The highest BCUT2D eigenvalue weighted by Gasteiger charge is 2.30. The topological polar surface area (TPSA) is 86.8 Å². The zero-order valence-corrected chi connectivity index (χ0v) is 25.8. The highest BCUT2D eigenvalue weighted by molar-refractivity contribution is 7.92. The number of halogens is 2. The summed E-state index contributed by atoms with van der Waals surface area (Å²) in [6.07, 6.45) is 3.54. The van der Waals surface area contributed by atoms with Gasteiger partial charge in [0.1, 0.15) is 6.04 Å². The molecule has 1 atom stereocenters. The second kappa shape index (κ2) is 15.8. The van der Waals surface area contributed by atoms with Gasteiger partial charge in [-0.2, -0.15) is 0 Å². The Bertz CT molecular complexity index is 1390. The van der Waals surface area contributed by atoms with E-state index in [2.05, 4.69) is 5.32 Å². The Labute approximate surface area is 253 Å². The van der Waals surface area contributed by atoms with Gasteiger partial charge in [0.15, 0.2) is 0 Å². The van der Waals surface area contributed by atoms with E-state index < -0.39 is 16.1 Å². The number of amides is 2. The van der Waals surface area contributed by atoms with Crippen molar-refractivity contribution in [2.24, 2.45) is 0 Å². The van der Waals surface area contributed by atoms with Gasteiger partial charge >= 0.3 is 0 Å². The van der Waals surface area contributed by atoms with Gasteiger partial charge < -0.3 is 10.2 Å². The fourth-order valence-electron chi connectivity index (χ4n) is 4.48. The van der Waals surface area contributed by atoms with Crippen LogP contribution in [-0.2, 0) is 32.6 Å². The summed E-state index contributed by atoms with van der Waals surface area (Å²) in [6, 6.07) is 22.6. The maximum absolute atomic E-state index is 13.8. The summed E-state index contributed by atoms with van der Waals surface area (Å²) < 4.78 is 26.4. The molecule has 0 saturated carbocycles. The van der Waals surface area contributed by atoms with Crippen molar-refractivity contribution < 1.29 is 18.0 Å². The Morgan fingerprint density at radius 2 is 1.59 bits per heavy atom. The maximum Gasteiger partial charge on any atom is 0.243 e. The van der Waals surface area contributed by atoms with E-state index in [4.69, 9.17) is 23.2 Å². The molecule has 41 heavy (non-hydrogen) atoms. The van der Waals surface area contributed by atoms with Gasteiger partial charge in [0.25, 0.3) is 0 Å². The molecule has 3 rings (SSSR count). The van der Waals surface area contributed by atoms with Crippen LogP contribution in [-0.4, -0.2) is 50.5 Å². The molecule has 3 aromatic carbocycles. The van der Waals surface area contributed by atoms with E-state index >= 15 is 0 Å². The number of anilines is 1. The Hall–Kier alpha value is -3.07. The number of nitrogens with one attached hydrogen (secondary N) is 1. The van der Waals surface area contributed by atoms with Crippen LogP contribution in [0.15, 0.2) is 78.9 Å². The smallest absolute Gasteiger partial charge is 0.243 e. The molecule has 0 fully saturated rings. The van der Waals surface area contributed by atoms with E-state index in [1.807, 2.05) is 49.4 Å². The molecule has 0 aliphatic carbocycles. The van der Waals surface area contributed by atoms with Crippen molar-refractivity contribution in [3.05, 3.63) is 100 Å². The molecular formula is C31H37Cl2N3O4S. The Balaban J connectivity index is 1.86. The third-order valence-corrected chi connectivity index (χ3v) is 8.30. The molecule has 0 unspecified atom stereocenters. The quantitative estimate of drug-likeness (QED) is 0.209. The fourth-order valence-corrected chi connectivity index (χ4v) is 5.75. The maximum atomic E-state index is 13.8. The van der Waals surface area contributed by atoms with Gasteiger partial charge in [0.2, 0.25) is 21.8 Å². The van der Waals surface area contributed by atoms with Crippen LogP contribution in [0.2, 0.25) is 10.0 Å².